The smallest absolute Gasteiger partial charge is 0.274 e. The minimum Gasteiger partial charge on any atom is -0.355 e. The SMILES string of the molecule is COC1(C2CCN(c3ncnc4ccsc34)CC2)NC(C(=O)Nc2nc3ccccc3s2)=C(C(=O)c2ccccc2)S1. The van der Waals surface area contributed by atoms with Crippen LogP contribution in [0.5, 0.6) is 0 Å². The molecular formula is C30H26N6O3S3. The van der Waals surface area contributed by atoms with Gasteiger partial charge in [-0.15, -0.1) is 11.3 Å². The second-order valence-corrected chi connectivity index (χ2v) is 13.2. The van der Waals surface area contributed by atoms with Crippen molar-refractivity contribution in [1.29, 1.82) is 0 Å². The quantitative estimate of drug-likeness (QED) is 0.217. The van der Waals surface area contributed by atoms with Crippen molar-refractivity contribution in [3.05, 3.63) is 88.5 Å². The molecule has 3 aromatic heterocycles. The third-order valence-electron chi connectivity index (χ3n) is 7.62. The molecule has 42 heavy (non-hydrogen) atoms. The van der Waals surface area contributed by atoms with Crippen LogP contribution in [0, 0.1) is 5.92 Å². The number of Topliss-reactive ketones (excluding diaryl/α,β-unsaturated/α-hetero) is 1. The van der Waals surface area contributed by atoms with Crippen molar-refractivity contribution in [3.63, 3.8) is 0 Å². The number of nitrogens with zero attached hydrogens (tertiary/aromatic N) is 4. The molecule has 7 rings (SSSR count). The number of thioether (sulfide) groups is 1. The summed E-state index contributed by atoms with van der Waals surface area (Å²) in [6, 6.07) is 18.7. The van der Waals surface area contributed by atoms with E-state index in [4.69, 9.17) is 4.74 Å². The number of para-hydroxylation sites is 1. The molecule has 0 radical (unpaired) electrons. The Morgan fingerprint density at radius 3 is 2.60 bits per heavy atom. The number of fused-ring (bicyclic) bond motifs is 2. The van der Waals surface area contributed by atoms with Crippen molar-refractivity contribution >= 4 is 77.5 Å². The monoisotopic (exact) mass is 614 g/mol. The van der Waals surface area contributed by atoms with Crippen LogP contribution in [-0.2, 0) is 9.53 Å². The molecule has 1 atom stereocenters. The van der Waals surface area contributed by atoms with Crippen molar-refractivity contribution in [1.82, 2.24) is 20.3 Å². The lowest BCUT2D eigenvalue weighted by atomic mass is 9.94. The van der Waals surface area contributed by atoms with Gasteiger partial charge in [0.1, 0.15) is 17.8 Å². The van der Waals surface area contributed by atoms with E-state index in [1.54, 1.807) is 36.9 Å². The Balaban J connectivity index is 1.16. The zero-order valence-electron chi connectivity index (χ0n) is 22.6. The molecule has 0 bridgehead atoms. The second-order valence-electron chi connectivity index (χ2n) is 10.0. The highest BCUT2D eigenvalue weighted by atomic mass is 32.2. The number of thiophene rings is 1. The molecule has 1 amide bonds. The van der Waals surface area contributed by atoms with Crippen molar-refractivity contribution < 1.29 is 14.3 Å². The lowest BCUT2D eigenvalue weighted by Gasteiger charge is -2.41. The fraction of sp³-hybridized carbons (Fsp3) is 0.233. The van der Waals surface area contributed by atoms with Gasteiger partial charge in [0, 0.05) is 31.7 Å². The molecule has 0 spiro atoms. The van der Waals surface area contributed by atoms with Crippen LogP contribution in [0.2, 0.25) is 0 Å². The molecule has 2 aromatic carbocycles. The Morgan fingerprint density at radius 2 is 1.81 bits per heavy atom. The highest BCUT2D eigenvalue weighted by molar-refractivity contribution is 8.05. The fourth-order valence-corrected chi connectivity index (χ4v) is 8.62. The maximum atomic E-state index is 13.8. The Kier molecular flexibility index (Phi) is 7.14. The summed E-state index contributed by atoms with van der Waals surface area (Å²) in [7, 11) is 1.63. The van der Waals surface area contributed by atoms with Gasteiger partial charge < -0.3 is 15.0 Å². The van der Waals surface area contributed by atoms with Gasteiger partial charge in [0.2, 0.25) is 5.78 Å². The van der Waals surface area contributed by atoms with Gasteiger partial charge in [-0.25, -0.2) is 15.0 Å². The first-order valence-corrected chi connectivity index (χ1v) is 16.0. The zero-order chi connectivity index (χ0) is 28.7. The first-order valence-electron chi connectivity index (χ1n) is 13.5. The minimum atomic E-state index is -0.976. The summed E-state index contributed by atoms with van der Waals surface area (Å²) in [5.74, 6) is 0.329. The Morgan fingerprint density at radius 1 is 1.02 bits per heavy atom. The number of hydrogen-bond acceptors (Lipinski definition) is 11. The zero-order valence-corrected chi connectivity index (χ0v) is 25.0. The van der Waals surface area contributed by atoms with Crippen LogP contribution in [0.4, 0.5) is 10.9 Å². The van der Waals surface area contributed by atoms with Crippen molar-refractivity contribution in [2.75, 3.05) is 30.4 Å². The highest BCUT2D eigenvalue weighted by Gasteiger charge is 2.50. The normalized spacial score (nSPS) is 19.4. The average Bonchev–Trinajstić information content (AvgIpc) is 3.78. The van der Waals surface area contributed by atoms with Crippen molar-refractivity contribution in [2.24, 2.45) is 5.92 Å². The predicted octanol–water partition coefficient (Wildman–Crippen LogP) is 5.89. The second kappa shape index (κ2) is 11.1. The van der Waals surface area contributed by atoms with E-state index < -0.39 is 11.0 Å². The summed E-state index contributed by atoms with van der Waals surface area (Å²) in [6.07, 6.45) is 3.18. The number of ether oxygens (including phenoxy) is 1. The van der Waals surface area contributed by atoms with Crippen LogP contribution in [-0.4, -0.2) is 51.9 Å². The fourth-order valence-electron chi connectivity index (χ4n) is 5.50. The van der Waals surface area contributed by atoms with Gasteiger partial charge in [-0.2, -0.15) is 0 Å². The molecule has 2 aliphatic heterocycles. The first kappa shape index (κ1) is 27.0. The van der Waals surface area contributed by atoms with Crippen molar-refractivity contribution in [2.45, 2.75) is 17.9 Å². The van der Waals surface area contributed by atoms with Gasteiger partial charge in [0.15, 0.2) is 10.2 Å². The van der Waals surface area contributed by atoms with Gasteiger partial charge in [-0.1, -0.05) is 65.6 Å². The van der Waals surface area contributed by atoms with E-state index in [0.717, 1.165) is 52.2 Å². The van der Waals surface area contributed by atoms with Crippen LogP contribution >= 0.6 is 34.4 Å². The molecule has 0 saturated carbocycles. The number of anilines is 2. The molecule has 2 aliphatic rings. The lowest BCUT2D eigenvalue weighted by Crippen LogP contribution is -2.52. The summed E-state index contributed by atoms with van der Waals surface area (Å²) >= 11 is 4.33. The van der Waals surface area contributed by atoms with E-state index in [2.05, 4.69) is 30.5 Å². The molecule has 2 N–H and O–H groups in total. The third-order valence-corrected chi connectivity index (χ3v) is 11.0. The molecule has 0 aliphatic carbocycles. The number of aromatic nitrogens is 3. The summed E-state index contributed by atoms with van der Waals surface area (Å²) in [5.41, 5.74) is 2.47. The maximum absolute atomic E-state index is 13.8. The van der Waals surface area contributed by atoms with Crippen molar-refractivity contribution in [3.8, 4) is 0 Å². The summed E-state index contributed by atoms with van der Waals surface area (Å²) in [6.45, 7) is 1.52. The average molecular weight is 615 g/mol. The molecule has 5 aromatic rings. The van der Waals surface area contributed by atoms with E-state index in [9.17, 15) is 9.59 Å². The summed E-state index contributed by atoms with van der Waals surface area (Å²) in [5, 5.41) is 7.83. The number of methoxy groups -OCH3 is 1. The van der Waals surface area contributed by atoms with Gasteiger partial charge >= 0.3 is 0 Å². The van der Waals surface area contributed by atoms with Crippen LogP contribution in [0.3, 0.4) is 0 Å². The third kappa shape index (κ3) is 4.83. The van der Waals surface area contributed by atoms with Gasteiger partial charge in [0.05, 0.1) is 25.3 Å². The van der Waals surface area contributed by atoms with E-state index in [1.807, 2.05) is 53.9 Å². The number of amides is 1. The predicted molar refractivity (Wildman–Crippen MR) is 169 cm³/mol. The Hall–Kier alpha value is -3.84. The number of thiazole rings is 1. The Bertz CT molecular complexity index is 1800. The number of carbonyl (C=O) groups excluding carboxylic acids is 2. The summed E-state index contributed by atoms with van der Waals surface area (Å²) in [4.78, 5) is 43.7. The first-order chi connectivity index (χ1) is 20.5. The van der Waals surface area contributed by atoms with E-state index in [-0.39, 0.29) is 17.4 Å². The van der Waals surface area contributed by atoms with E-state index in [1.165, 1.54) is 23.1 Å². The number of allylic oxidation sites excluding steroid dienone is 1. The number of piperidine rings is 1. The van der Waals surface area contributed by atoms with E-state index in [0.29, 0.717) is 15.6 Å². The Labute approximate surface area is 254 Å². The number of hydrogen-bond donors (Lipinski definition) is 2. The van der Waals surface area contributed by atoms with Crippen LogP contribution in [0.1, 0.15) is 23.2 Å². The maximum Gasteiger partial charge on any atom is 0.274 e. The molecular weight excluding hydrogens is 589 g/mol. The number of carbonyl (C=O) groups is 2. The molecule has 5 heterocycles. The lowest BCUT2D eigenvalue weighted by molar-refractivity contribution is -0.114. The molecule has 212 valence electrons. The number of rotatable bonds is 7. The molecule has 1 saturated heterocycles. The van der Waals surface area contributed by atoms with Crippen LogP contribution < -0.4 is 15.5 Å². The molecule has 1 unspecified atom stereocenters. The largest absolute Gasteiger partial charge is 0.355 e. The highest BCUT2D eigenvalue weighted by Crippen LogP contribution is 2.49. The van der Waals surface area contributed by atoms with Crippen LogP contribution in [0.15, 0.2) is 83.0 Å². The molecule has 1 fully saturated rings. The molecule has 12 heteroatoms. The standard InChI is InChI=1S/C30H26N6O3S3/c1-39-30(19-11-14-36(15-12-19)27-25-21(13-16-40-25)31-17-32-27)35-23(26(42-30)24(37)18-7-3-2-4-8-18)28(38)34-29-33-20-9-5-6-10-22(20)41-29/h2-10,13,16-17,19,35H,11-12,14-15H2,1H3,(H,33,34,38). The van der Waals surface area contributed by atoms with Crippen LogP contribution in [0.25, 0.3) is 20.4 Å². The number of ketones is 1. The van der Waals surface area contributed by atoms with Gasteiger partial charge in [-0.3, -0.25) is 14.9 Å². The number of nitrogens with one attached hydrogen (secondary N) is 2. The molecule has 9 nitrogen and oxygen atoms in total. The number of benzene rings is 2. The summed E-state index contributed by atoms with van der Waals surface area (Å²) < 4.78 is 8.21. The van der Waals surface area contributed by atoms with Gasteiger partial charge in [-0.05, 0) is 36.4 Å². The minimum absolute atomic E-state index is 0.0238. The van der Waals surface area contributed by atoms with Gasteiger partial charge in [0.25, 0.3) is 5.91 Å². The topological polar surface area (TPSA) is 109 Å². The van der Waals surface area contributed by atoms with E-state index >= 15 is 0 Å².